The van der Waals surface area contributed by atoms with Gasteiger partial charge in [-0.15, -0.1) is 0 Å². The summed E-state index contributed by atoms with van der Waals surface area (Å²) < 4.78 is 0. The molecule has 12 heavy (non-hydrogen) atoms. The number of allylic oxidation sites excluding steroid dienone is 3. The number of hydrogen-bond acceptors (Lipinski definition) is 1. The minimum absolute atomic E-state index is 0.262. The van der Waals surface area contributed by atoms with Crippen molar-refractivity contribution in [1.82, 2.24) is 0 Å². The van der Waals surface area contributed by atoms with Crippen LogP contribution in [0.4, 0.5) is 0 Å². The Labute approximate surface area is 73.1 Å². The van der Waals surface area contributed by atoms with Crippen LogP contribution in [0.3, 0.4) is 0 Å². The minimum Gasteiger partial charge on any atom is -0.388 e. The molecule has 2 atom stereocenters. The van der Waals surface area contributed by atoms with Gasteiger partial charge in [0, 0.05) is 5.92 Å². The third-order valence-electron chi connectivity index (χ3n) is 2.61. The SMILES string of the molecule is OC1C=CC=CC1C1=CCCC1. The molecule has 0 aromatic carbocycles. The lowest BCUT2D eigenvalue weighted by atomic mass is 9.89. The summed E-state index contributed by atoms with van der Waals surface area (Å²) in [6, 6.07) is 0. The van der Waals surface area contributed by atoms with E-state index in [4.69, 9.17) is 0 Å². The fraction of sp³-hybridized carbons (Fsp3) is 0.455. The molecule has 1 heteroatoms. The first kappa shape index (κ1) is 7.81. The Morgan fingerprint density at radius 3 is 2.75 bits per heavy atom. The molecule has 0 heterocycles. The van der Waals surface area contributed by atoms with Gasteiger partial charge in [-0.2, -0.15) is 0 Å². The van der Waals surface area contributed by atoms with Crippen molar-refractivity contribution in [3.8, 4) is 0 Å². The third-order valence-corrected chi connectivity index (χ3v) is 2.61. The zero-order chi connectivity index (χ0) is 8.39. The summed E-state index contributed by atoms with van der Waals surface area (Å²) in [6.45, 7) is 0. The van der Waals surface area contributed by atoms with Gasteiger partial charge in [0.15, 0.2) is 0 Å². The molecule has 2 rings (SSSR count). The molecular formula is C11H14O. The smallest absolute Gasteiger partial charge is 0.0823 e. The van der Waals surface area contributed by atoms with Gasteiger partial charge < -0.3 is 5.11 Å². The predicted octanol–water partition coefficient (Wildman–Crippen LogP) is 2.20. The number of aliphatic hydroxyl groups excluding tert-OH is 1. The molecule has 0 spiro atoms. The van der Waals surface area contributed by atoms with E-state index in [0.29, 0.717) is 0 Å². The molecule has 0 saturated heterocycles. The van der Waals surface area contributed by atoms with Crippen molar-refractivity contribution in [3.63, 3.8) is 0 Å². The highest BCUT2D eigenvalue weighted by Crippen LogP contribution is 2.30. The van der Waals surface area contributed by atoms with Gasteiger partial charge in [0.25, 0.3) is 0 Å². The predicted molar refractivity (Wildman–Crippen MR) is 49.7 cm³/mol. The Bertz CT molecular complexity index is 248. The monoisotopic (exact) mass is 162 g/mol. The van der Waals surface area contributed by atoms with E-state index in [1.54, 1.807) is 0 Å². The van der Waals surface area contributed by atoms with Gasteiger partial charge >= 0.3 is 0 Å². The van der Waals surface area contributed by atoms with Gasteiger partial charge in [0.1, 0.15) is 0 Å². The molecule has 1 N–H and O–H groups in total. The summed E-state index contributed by atoms with van der Waals surface area (Å²) >= 11 is 0. The molecule has 2 unspecified atom stereocenters. The summed E-state index contributed by atoms with van der Waals surface area (Å²) in [6.07, 6.45) is 13.5. The Balaban J connectivity index is 2.12. The second-order valence-corrected chi connectivity index (χ2v) is 3.46. The zero-order valence-corrected chi connectivity index (χ0v) is 7.11. The molecular weight excluding hydrogens is 148 g/mol. The highest BCUT2D eigenvalue weighted by Gasteiger charge is 2.21. The molecule has 64 valence electrons. The lowest BCUT2D eigenvalue weighted by molar-refractivity contribution is 0.189. The Hall–Kier alpha value is -0.820. The highest BCUT2D eigenvalue weighted by atomic mass is 16.3. The first-order valence-corrected chi connectivity index (χ1v) is 4.60. The van der Waals surface area contributed by atoms with Crippen LogP contribution >= 0.6 is 0 Å². The van der Waals surface area contributed by atoms with Crippen molar-refractivity contribution in [3.05, 3.63) is 36.0 Å². The van der Waals surface area contributed by atoms with Crippen LogP contribution in [0, 0.1) is 5.92 Å². The minimum atomic E-state index is -0.292. The first-order valence-electron chi connectivity index (χ1n) is 4.60. The number of rotatable bonds is 1. The molecule has 0 aromatic heterocycles. The van der Waals surface area contributed by atoms with Crippen LogP contribution < -0.4 is 0 Å². The van der Waals surface area contributed by atoms with Crippen LogP contribution in [-0.4, -0.2) is 11.2 Å². The normalized spacial score (nSPS) is 33.9. The average molecular weight is 162 g/mol. The summed E-state index contributed by atoms with van der Waals surface area (Å²) in [4.78, 5) is 0. The maximum absolute atomic E-state index is 9.65. The van der Waals surface area contributed by atoms with Gasteiger partial charge in [-0.25, -0.2) is 0 Å². The molecule has 1 nitrogen and oxygen atoms in total. The van der Waals surface area contributed by atoms with E-state index in [2.05, 4.69) is 12.2 Å². The van der Waals surface area contributed by atoms with Gasteiger partial charge in [0.2, 0.25) is 0 Å². The molecule has 2 aliphatic rings. The van der Waals surface area contributed by atoms with Crippen molar-refractivity contribution in [2.24, 2.45) is 5.92 Å². The average Bonchev–Trinajstić information content (AvgIpc) is 2.57. The van der Waals surface area contributed by atoms with Crippen LogP contribution in [0.2, 0.25) is 0 Å². The van der Waals surface area contributed by atoms with E-state index in [0.717, 1.165) is 0 Å². The molecule has 0 radical (unpaired) electrons. The second-order valence-electron chi connectivity index (χ2n) is 3.46. The lowest BCUT2D eigenvalue weighted by Gasteiger charge is -2.20. The standard InChI is InChI=1S/C11H14O/c12-11-8-4-3-7-10(11)9-5-1-2-6-9/h3-5,7-8,10-12H,1-2,6H2. The van der Waals surface area contributed by atoms with E-state index in [1.165, 1.54) is 24.8 Å². The van der Waals surface area contributed by atoms with E-state index in [-0.39, 0.29) is 12.0 Å². The summed E-state index contributed by atoms with van der Waals surface area (Å²) in [7, 11) is 0. The van der Waals surface area contributed by atoms with E-state index < -0.39 is 0 Å². The lowest BCUT2D eigenvalue weighted by Crippen LogP contribution is -2.19. The van der Waals surface area contributed by atoms with Crippen LogP contribution in [0.25, 0.3) is 0 Å². The zero-order valence-electron chi connectivity index (χ0n) is 7.11. The maximum Gasteiger partial charge on any atom is 0.0823 e. The fourth-order valence-electron chi connectivity index (χ4n) is 1.94. The summed E-state index contributed by atoms with van der Waals surface area (Å²) in [5.41, 5.74) is 1.42. The van der Waals surface area contributed by atoms with Crippen molar-refractivity contribution in [1.29, 1.82) is 0 Å². The Morgan fingerprint density at radius 1 is 1.25 bits per heavy atom. The van der Waals surface area contributed by atoms with Crippen molar-refractivity contribution in [2.75, 3.05) is 0 Å². The third kappa shape index (κ3) is 1.37. The number of hydrogen-bond donors (Lipinski definition) is 1. The van der Waals surface area contributed by atoms with Crippen LogP contribution in [0.5, 0.6) is 0 Å². The van der Waals surface area contributed by atoms with E-state index in [1.807, 2.05) is 18.2 Å². The molecule has 0 aromatic rings. The summed E-state index contributed by atoms with van der Waals surface area (Å²) in [5.74, 6) is 0.262. The second kappa shape index (κ2) is 3.28. The molecule has 0 saturated carbocycles. The first-order chi connectivity index (χ1) is 5.88. The van der Waals surface area contributed by atoms with Crippen molar-refractivity contribution in [2.45, 2.75) is 25.4 Å². The van der Waals surface area contributed by atoms with E-state index in [9.17, 15) is 5.11 Å². The quantitative estimate of drug-likeness (QED) is 0.586. The molecule has 0 bridgehead atoms. The fourth-order valence-corrected chi connectivity index (χ4v) is 1.94. The molecule has 0 amide bonds. The van der Waals surface area contributed by atoms with Crippen LogP contribution in [0.15, 0.2) is 36.0 Å². The van der Waals surface area contributed by atoms with Crippen molar-refractivity contribution >= 4 is 0 Å². The topological polar surface area (TPSA) is 20.2 Å². The van der Waals surface area contributed by atoms with Crippen LogP contribution in [0.1, 0.15) is 19.3 Å². The summed E-state index contributed by atoms with van der Waals surface area (Å²) in [5, 5.41) is 9.65. The largest absolute Gasteiger partial charge is 0.388 e. The molecule has 0 fully saturated rings. The highest BCUT2D eigenvalue weighted by molar-refractivity contribution is 5.26. The molecule has 0 aliphatic heterocycles. The van der Waals surface area contributed by atoms with Crippen LogP contribution in [-0.2, 0) is 0 Å². The maximum atomic E-state index is 9.65. The number of aliphatic hydroxyl groups is 1. The van der Waals surface area contributed by atoms with Gasteiger partial charge in [-0.05, 0) is 19.3 Å². The molecule has 2 aliphatic carbocycles. The van der Waals surface area contributed by atoms with Gasteiger partial charge in [-0.1, -0.05) is 36.0 Å². The Kier molecular flexibility index (Phi) is 2.13. The van der Waals surface area contributed by atoms with E-state index >= 15 is 0 Å². The van der Waals surface area contributed by atoms with Gasteiger partial charge in [0.05, 0.1) is 6.10 Å². The van der Waals surface area contributed by atoms with Gasteiger partial charge in [-0.3, -0.25) is 0 Å². The van der Waals surface area contributed by atoms with Crippen molar-refractivity contribution < 1.29 is 5.11 Å². The Morgan fingerprint density at radius 2 is 2.08 bits per heavy atom.